The molecule has 2 heterocycles. The molecule has 3 rings (SSSR count). The van der Waals surface area contributed by atoms with Crippen LogP contribution in [0.4, 0.5) is 0 Å². The summed E-state index contributed by atoms with van der Waals surface area (Å²) in [7, 11) is 0. The largest absolute Gasteiger partial charge is 0.490 e. The Hall–Kier alpha value is -2.41. The molecule has 0 N–H and O–H groups in total. The highest BCUT2D eigenvalue weighted by Gasteiger charge is 2.37. The standard InChI is InChI=1S/C22H28N2O4S/c1-6-26-18-12-16(8-9-17(18)28-13-14(3)4)20-19(21(25)27-7-2)15(5)23-22-24(20)10-11-29-22/h8-12,14,20H,6-7,13H2,1-5H3/t20-/m0/s1. The van der Waals surface area contributed by atoms with Crippen LogP contribution in [0.25, 0.3) is 0 Å². The number of carbonyl (C=O) groups excluding carboxylic acids is 1. The summed E-state index contributed by atoms with van der Waals surface area (Å²) in [6, 6.07) is 5.52. The molecule has 0 saturated carbocycles. The third kappa shape index (κ3) is 4.61. The first-order chi connectivity index (χ1) is 14.0. The average molecular weight is 417 g/mol. The zero-order valence-corrected chi connectivity index (χ0v) is 18.4. The van der Waals surface area contributed by atoms with E-state index in [1.807, 2.05) is 48.6 Å². The molecular formula is C22H28N2O4S. The molecule has 1 aromatic rings. The Kier molecular flexibility index (Phi) is 6.90. The molecule has 7 heteroatoms. The lowest BCUT2D eigenvalue weighted by molar-refractivity contribution is -0.139. The Balaban J connectivity index is 2.03. The molecule has 0 aliphatic carbocycles. The number of benzene rings is 1. The van der Waals surface area contributed by atoms with Crippen molar-refractivity contribution in [1.82, 2.24) is 4.90 Å². The Morgan fingerprint density at radius 1 is 1.21 bits per heavy atom. The van der Waals surface area contributed by atoms with E-state index in [1.165, 1.54) is 11.8 Å². The summed E-state index contributed by atoms with van der Waals surface area (Å²) in [6.45, 7) is 11.3. The van der Waals surface area contributed by atoms with Crippen LogP contribution in [0.3, 0.4) is 0 Å². The van der Waals surface area contributed by atoms with Gasteiger partial charge in [0.1, 0.15) is 0 Å². The summed E-state index contributed by atoms with van der Waals surface area (Å²) >= 11 is 1.54. The molecule has 1 atom stereocenters. The number of hydrogen-bond acceptors (Lipinski definition) is 7. The number of fused-ring (bicyclic) bond motifs is 1. The first-order valence-corrected chi connectivity index (χ1v) is 10.8. The normalized spacial score (nSPS) is 18.1. The Morgan fingerprint density at radius 2 is 2.00 bits per heavy atom. The number of aliphatic imine (C=N–C) groups is 1. The zero-order chi connectivity index (χ0) is 21.0. The van der Waals surface area contributed by atoms with Crippen LogP contribution in [-0.2, 0) is 9.53 Å². The second-order valence-electron chi connectivity index (χ2n) is 7.17. The maximum atomic E-state index is 12.8. The van der Waals surface area contributed by atoms with Crippen LogP contribution >= 0.6 is 11.8 Å². The van der Waals surface area contributed by atoms with Crippen molar-refractivity contribution >= 4 is 22.9 Å². The Labute approximate surface area is 176 Å². The fourth-order valence-electron chi connectivity index (χ4n) is 3.24. The fourth-order valence-corrected chi connectivity index (χ4v) is 4.03. The quantitative estimate of drug-likeness (QED) is 0.563. The lowest BCUT2D eigenvalue weighted by Gasteiger charge is -2.33. The SMILES string of the molecule is CCOC(=O)C1=C(C)N=C2SC=CN2[C@H]1c1ccc(OCC(C)C)c(OCC)c1. The van der Waals surface area contributed by atoms with Crippen LogP contribution in [0.1, 0.15) is 46.2 Å². The molecule has 0 bridgehead atoms. The van der Waals surface area contributed by atoms with Gasteiger partial charge in [-0.1, -0.05) is 31.7 Å². The highest BCUT2D eigenvalue weighted by molar-refractivity contribution is 8.16. The first-order valence-electron chi connectivity index (χ1n) is 9.94. The van der Waals surface area contributed by atoms with Gasteiger partial charge < -0.3 is 19.1 Å². The first kappa shape index (κ1) is 21.3. The molecule has 0 aromatic heterocycles. The Morgan fingerprint density at radius 3 is 2.69 bits per heavy atom. The van der Waals surface area contributed by atoms with Crippen LogP contribution < -0.4 is 9.47 Å². The van der Waals surface area contributed by atoms with Crippen molar-refractivity contribution in [2.45, 2.75) is 40.7 Å². The van der Waals surface area contributed by atoms with Crippen molar-refractivity contribution in [1.29, 1.82) is 0 Å². The number of allylic oxidation sites excluding steroid dienone is 1. The van der Waals surface area contributed by atoms with Crippen molar-refractivity contribution in [3.05, 3.63) is 46.6 Å². The molecule has 1 aromatic carbocycles. The maximum Gasteiger partial charge on any atom is 0.338 e. The number of ether oxygens (including phenoxy) is 3. The minimum absolute atomic E-state index is 0.315. The summed E-state index contributed by atoms with van der Waals surface area (Å²) in [4.78, 5) is 19.4. The monoisotopic (exact) mass is 416 g/mol. The van der Waals surface area contributed by atoms with Crippen LogP contribution in [0.2, 0.25) is 0 Å². The van der Waals surface area contributed by atoms with Crippen molar-refractivity contribution in [2.24, 2.45) is 10.9 Å². The molecule has 0 radical (unpaired) electrons. The molecule has 2 aliphatic heterocycles. The van der Waals surface area contributed by atoms with Gasteiger partial charge in [0.05, 0.1) is 37.1 Å². The van der Waals surface area contributed by atoms with Gasteiger partial charge in [0, 0.05) is 6.20 Å². The third-order valence-corrected chi connectivity index (χ3v) is 5.24. The predicted molar refractivity (Wildman–Crippen MR) is 116 cm³/mol. The molecule has 0 unspecified atom stereocenters. The van der Waals surface area contributed by atoms with Crippen molar-refractivity contribution in [3.8, 4) is 11.5 Å². The third-order valence-electron chi connectivity index (χ3n) is 4.47. The van der Waals surface area contributed by atoms with Crippen molar-refractivity contribution < 1.29 is 19.0 Å². The smallest absolute Gasteiger partial charge is 0.338 e. The van der Waals surface area contributed by atoms with Gasteiger partial charge in [0.2, 0.25) is 0 Å². The molecule has 0 fully saturated rings. The van der Waals surface area contributed by atoms with Gasteiger partial charge in [-0.15, -0.1) is 0 Å². The van der Waals surface area contributed by atoms with Gasteiger partial charge in [-0.2, -0.15) is 0 Å². The summed E-state index contributed by atoms with van der Waals surface area (Å²) in [5, 5.41) is 2.81. The van der Waals surface area contributed by atoms with E-state index in [0.29, 0.717) is 48.5 Å². The van der Waals surface area contributed by atoms with E-state index in [-0.39, 0.29) is 12.0 Å². The minimum atomic E-state index is -0.346. The van der Waals surface area contributed by atoms with Gasteiger partial charge in [0.15, 0.2) is 16.7 Å². The number of rotatable bonds is 8. The number of carbonyl (C=O) groups is 1. The van der Waals surface area contributed by atoms with E-state index in [0.717, 1.165) is 10.7 Å². The van der Waals surface area contributed by atoms with E-state index < -0.39 is 0 Å². The average Bonchev–Trinajstić information content (AvgIpc) is 3.14. The van der Waals surface area contributed by atoms with Gasteiger partial charge in [-0.3, -0.25) is 0 Å². The van der Waals surface area contributed by atoms with E-state index in [1.54, 1.807) is 6.92 Å². The molecular weight excluding hydrogens is 388 g/mol. The lowest BCUT2D eigenvalue weighted by atomic mass is 9.94. The number of esters is 1. The summed E-state index contributed by atoms with van der Waals surface area (Å²) in [5.41, 5.74) is 2.14. The molecule has 6 nitrogen and oxygen atoms in total. The van der Waals surface area contributed by atoms with Gasteiger partial charge in [-0.25, -0.2) is 9.79 Å². The molecule has 0 spiro atoms. The van der Waals surface area contributed by atoms with Gasteiger partial charge in [-0.05, 0) is 49.8 Å². The second kappa shape index (κ2) is 9.39. The van der Waals surface area contributed by atoms with Crippen LogP contribution in [0.15, 0.2) is 46.1 Å². The van der Waals surface area contributed by atoms with Crippen LogP contribution in [0, 0.1) is 5.92 Å². The zero-order valence-electron chi connectivity index (χ0n) is 17.6. The molecule has 29 heavy (non-hydrogen) atoms. The molecule has 2 aliphatic rings. The van der Waals surface area contributed by atoms with Crippen molar-refractivity contribution in [2.75, 3.05) is 19.8 Å². The number of thioether (sulfide) groups is 1. The molecule has 0 amide bonds. The van der Waals surface area contributed by atoms with E-state index in [2.05, 4.69) is 18.8 Å². The minimum Gasteiger partial charge on any atom is -0.490 e. The van der Waals surface area contributed by atoms with Crippen LogP contribution in [-0.4, -0.2) is 35.9 Å². The van der Waals surface area contributed by atoms with Gasteiger partial charge in [0.25, 0.3) is 0 Å². The maximum absolute atomic E-state index is 12.8. The Bertz CT molecular complexity index is 860. The lowest BCUT2D eigenvalue weighted by Crippen LogP contribution is -2.34. The van der Waals surface area contributed by atoms with E-state index in [4.69, 9.17) is 14.2 Å². The van der Waals surface area contributed by atoms with Gasteiger partial charge >= 0.3 is 5.97 Å². The topological polar surface area (TPSA) is 60.4 Å². The summed E-state index contributed by atoms with van der Waals surface area (Å²) in [6.07, 6.45) is 1.95. The molecule has 156 valence electrons. The number of amidine groups is 1. The van der Waals surface area contributed by atoms with E-state index >= 15 is 0 Å². The van der Waals surface area contributed by atoms with Crippen molar-refractivity contribution in [3.63, 3.8) is 0 Å². The molecule has 0 saturated heterocycles. The number of hydrogen-bond donors (Lipinski definition) is 0. The van der Waals surface area contributed by atoms with E-state index in [9.17, 15) is 4.79 Å². The summed E-state index contributed by atoms with van der Waals surface area (Å²) in [5.74, 6) is 1.44. The highest BCUT2D eigenvalue weighted by atomic mass is 32.2. The summed E-state index contributed by atoms with van der Waals surface area (Å²) < 4.78 is 17.1. The van der Waals surface area contributed by atoms with Crippen LogP contribution in [0.5, 0.6) is 11.5 Å². The predicted octanol–water partition coefficient (Wildman–Crippen LogP) is 4.89. The second-order valence-corrected chi connectivity index (χ2v) is 8.04. The fraction of sp³-hybridized carbons (Fsp3) is 0.455. The number of nitrogens with zero attached hydrogens (tertiary/aromatic N) is 2. The highest BCUT2D eigenvalue weighted by Crippen LogP contribution is 2.43.